The lowest BCUT2D eigenvalue weighted by molar-refractivity contribution is 0.0937. The molecule has 1 unspecified atom stereocenters. The van der Waals surface area contributed by atoms with Crippen LogP contribution in [0.15, 0.2) is 18.2 Å². The summed E-state index contributed by atoms with van der Waals surface area (Å²) in [7, 11) is 0. The van der Waals surface area contributed by atoms with Crippen molar-refractivity contribution in [2.24, 2.45) is 5.92 Å². The Bertz CT molecular complexity index is 466. The standard InChI is InChI=1S/C12H13IN2O2/c1-7(2)10(6-14)15-12(17)8-3-4-9(13)11(16)5-8/h3-5,7,10,16H,1-2H3,(H,15,17). The second kappa shape index (κ2) is 5.87. The zero-order chi connectivity index (χ0) is 13.0. The van der Waals surface area contributed by atoms with Crippen molar-refractivity contribution < 1.29 is 9.90 Å². The van der Waals surface area contributed by atoms with E-state index < -0.39 is 6.04 Å². The van der Waals surface area contributed by atoms with Crippen molar-refractivity contribution in [2.45, 2.75) is 19.9 Å². The fraction of sp³-hybridized carbons (Fsp3) is 0.333. The van der Waals surface area contributed by atoms with Gasteiger partial charge in [0, 0.05) is 5.56 Å². The average molecular weight is 344 g/mol. The molecule has 0 saturated carbocycles. The van der Waals surface area contributed by atoms with Crippen molar-refractivity contribution in [3.05, 3.63) is 27.3 Å². The normalized spacial score (nSPS) is 11.9. The summed E-state index contributed by atoms with van der Waals surface area (Å²) >= 11 is 1.97. The fourth-order valence-electron chi connectivity index (χ4n) is 1.23. The predicted molar refractivity (Wildman–Crippen MR) is 72.5 cm³/mol. The van der Waals surface area contributed by atoms with Crippen LogP contribution in [-0.2, 0) is 0 Å². The first kappa shape index (κ1) is 13.8. The van der Waals surface area contributed by atoms with E-state index in [-0.39, 0.29) is 17.6 Å². The van der Waals surface area contributed by atoms with Crippen LogP contribution in [0.2, 0.25) is 0 Å². The van der Waals surface area contributed by atoms with E-state index in [4.69, 9.17) is 5.26 Å². The number of aromatic hydroxyl groups is 1. The Labute approximate surface area is 114 Å². The summed E-state index contributed by atoms with van der Waals surface area (Å²) in [6.07, 6.45) is 0. The molecule has 17 heavy (non-hydrogen) atoms. The van der Waals surface area contributed by atoms with Gasteiger partial charge in [-0.3, -0.25) is 4.79 Å². The van der Waals surface area contributed by atoms with Crippen LogP contribution in [0, 0.1) is 20.8 Å². The van der Waals surface area contributed by atoms with E-state index in [0.717, 1.165) is 0 Å². The van der Waals surface area contributed by atoms with Gasteiger partial charge >= 0.3 is 0 Å². The minimum absolute atomic E-state index is 0.0430. The molecule has 1 amide bonds. The first-order valence-electron chi connectivity index (χ1n) is 5.14. The molecule has 0 spiro atoms. The smallest absolute Gasteiger partial charge is 0.252 e. The number of carbonyl (C=O) groups excluding carboxylic acids is 1. The number of amides is 1. The molecule has 0 heterocycles. The van der Waals surface area contributed by atoms with Gasteiger partial charge in [-0.05, 0) is 46.7 Å². The van der Waals surface area contributed by atoms with Gasteiger partial charge in [0.05, 0.1) is 9.64 Å². The zero-order valence-corrected chi connectivity index (χ0v) is 11.7. The highest BCUT2D eigenvalue weighted by Gasteiger charge is 2.16. The summed E-state index contributed by atoms with van der Waals surface area (Å²) in [4.78, 5) is 11.8. The molecule has 0 aliphatic heterocycles. The van der Waals surface area contributed by atoms with Crippen LogP contribution in [0.5, 0.6) is 5.75 Å². The van der Waals surface area contributed by atoms with Gasteiger partial charge in [-0.1, -0.05) is 13.8 Å². The maximum atomic E-state index is 11.8. The molecular weight excluding hydrogens is 331 g/mol. The Hall–Kier alpha value is -1.29. The SMILES string of the molecule is CC(C)C(C#N)NC(=O)c1ccc(I)c(O)c1. The Kier molecular flexibility index (Phi) is 4.75. The van der Waals surface area contributed by atoms with Crippen molar-refractivity contribution in [3.8, 4) is 11.8 Å². The van der Waals surface area contributed by atoms with Gasteiger partial charge in [0.2, 0.25) is 0 Å². The molecule has 0 aliphatic carbocycles. The molecule has 4 nitrogen and oxygen atoms in total. The zero-order valence-electron chi connectivity index (χ0n) is 9.57. The fourth-order valence-corrected chi connectivity index (χ4v) is 1.56. The Balaban J connectivity index is 2.83. The first-order valence-corrected chi connectivity index (χ1v) is 6.22. The van der Waals surface area contributed by atoms with Gasteiger partial charge in [-0.25, -0.2) is 0 Å². The summed E-state index contributed by atoms with van der Waals surface area (Å²) < 4.78 is 0.680. The molecule has 1 atom stereocenters. The molecule has 0 saturated heterocycles. The number of phenolic OH excluding ortho intramolecular Hbond substituents is 1. The van der Waals surface area contributed by atoms with Crippen LogP contribution in [0.25, 0.3) is 0 Å². The average Bonchev–Trinajstić information content (AvgIpc) is 2.28. The molecule has 0 aromatic heterocycles. The van der Waals surface area contributed by atoms with E-state index in [0.29, 0.717) is 9.13 Å². The molecule has 1 rings (SSSR count). The molecule has 2 N–H and O–H groups in total. The van der Waals surface area contributed by atoms with Crippen LogP contribution < -0.4 is 5.32 Å². The Morgan fingerprint density at radius 1 is 1.53 bits per heavy atom. The van der Waals surface area contributed by atoms with Crippen molar-refractivity contribution >= 4 is 28.5 Å². The van der Waals surface area contributed by atoms with E-state index in [1.54, 1.807) is 12.1 Å². The first-order chi connectivity index (χ1) is 7.95. The third kappa shape index (κ3) is 3.60. The van der Waals surface area contributed by atoms with Gasteiger partial charge in [-0.2, -0.15) is 5.26 Å². The van der Waals surface area contributed by atoms with Crippen molar-refractivity contribution in [2.75, 3.05) is 0 Å². The summed E-state index contributed by atoms with van der Waals surface area (Å²) in [5, 5.41) is 21.0. The van der Waals surface area contributed by atoms with E-state index in [1.807, 2.05) is 42.5 Å². The van der Waals surface area contributed by atoms with Gasteiger partial charge in [0.15, 0.2) is 0 Å². The molecule has 90 valence electrons. The molecule has 0 bridgehead atoms. The molecular formula is C12H13IN2O2. The minimum atomic E-state index is -0.524. The van der Waals surface area contributed by atoms with Gasteiger partial charge < -0.3 is 10.4 Å². The van der Waals surface area contributed by atoms with Crippen LogP contribution >= 0.6 is 22.6 Å². The molecule has 0 radical (unpaired) electrons. The number of carbonyl (C=O) groups is 1. The second-order valence-electron chi connectivity index (χ2n) is 3.99. The topological polar surface area (TPSA) is 73.1 Å². The number of hydrogen-bond acceptors (Lipinski definition) is 3. The lowest BCUT2D eigenvalue weighted by Crippen LogP contribution is -2.37. The summed E-state index contributed by atoms with van der Waals surface area (Å²) in [6.45, 7) is 3.72. The van der Waals surface area contributed by atoms with Crippen molar-refractivity contribution in [1.29, 1.82) is 5.26 Å². The molecule has 1 aromatic rings. The van der Waals surface area contributed by atoms with E-state index in [1.165, 1.54) is 6.07 Å². The number of rotatable bonds is 3. The highest BCUT2D eigenvalue weighted by Crippen LogP contribution is 2.20. The minimum Gasteiger partial charge on any atom is -0.507 e. The number of phenols is 1. The van der Waals surface area contributed by atoms with Gasteiger partial charge in [0.1, 0.15) is 11.8 Å². The number of nitrogens with zero attached hydrogens (tertiary/aromatic N) is 1. The summed E-state index contributed by atoms with van der Waals surface area (Å²) in [6, 6.07) is 6.17. The van der Waals surface area contributed by atoms with E-state index >= 15 is 0 Å². The van der Waals surface area contributed by atoms with Crippen LogP contribution in [0.3, 0.4) is 0 Å². The highest BCUT2D eigenvalue weighted by molar-refractivity contribution is 14.1. The lowest BCUT2D eigenvalue weighted by Gasteiger charge is -2.14. The lowest BCUT2D eigenvalue weighted by atomic mass is 10.1. The highest BCUT2D eigenvalue weighted by atomic mass is 127. The Morgan fingerprint density at radius 3 is 2.65 bits per heavy atom. The maximum Gasteiger partial charge on any atom is 0.252 e. The molecule has 1 aromatic carbocycles. The van der Waals surface area contributed by atoms with Crippen molar-refractivity contribution in [3.63, 3.8) is 0 Å². The largest absolute Gasteiger partial charge is 0.507 e. The summed E-state index contributed by atoms with van der Waals surface area (Å²) in [5.74, 6) is -0.241. The van der Waals surface area contributed by atoms with Crippen LogP contribution in [0.4, 0.5) is 0 Å². The van der Waals surface area contributed by atoms with E-state index in [9.17, 15) is 9.90 Å². The van der Waals surface area contributed by atoms with Gasteiger partial charge in [-0.15, -0.1) is 0 Å². The monoisotopic (exact) mass is 344 g/mol. The molecule has 0 fully saturated rings. The Morgan fingerprint density at radius 2 is 2.18 bits per heavy atom. The number of halogens is 1. The number of nitriles is 1. The number of hydrogen-bond donors (Lipinski definition) is 2. The van der Waals surface area contributed by atoms with E-state index in [2.05, 4.69) is 5.32 Å². The summed E-state index contributed by atoms with van der Waals surface area (Å²) in [5.41, 5.74) is 0.351. The van der Waals surface area contributed by atoms with Crippen molar-refractivity contribution in [1.82, 2.24) is 5.32 Å². The third-order valence-electron chi connectivity index (χ3n) is 2.30. The molecule has 5 heteroatoms. The maximum absolute atomic E-state index is 11.8. The molecule has 0 aliphatic rings. The van der Waals surface area contributed by atoms with Crippen LogP contribution in [0.1, 0.15) is 24.2 Å². The van der Waals surface area contributed by atoms with Gasteiger partial charge in [0.25, 0.3) is 5.91 Å². The number of benzene rings is 1. The third-order valence-corrected chi connectivity index (χ3v) is 3.21. The second-order valence-corrected chi connectivity index (χ2v) is 5.15. The predicted octanol–water partition coefficient (Wildman–Crippen LogP) is 2.27. The van der Waals surface area contributed by atoms with Crippen LogP contribution in [-0.4, -0.2) is 17.1 Å². The quantitative estimate of drug-likeness (QED) is 0.827. The number of nitrogens with one attached hydrogen (secondary N) is 1.